The summed E-state index contributed by atoms with van der Waals surface area (Å²) in [4.78, 5) is 15.2. The van der Waals surface area contributed by atoms with Gasteiger partial charge in [-0.25, -0.2) is 0 Å². The van der Waals surface area contributed by atoms with Crippen molar-refractivity contribution in [3.8, 4) is 5.75 Å². The van der Waals surface area contributed by atoms with E-state index in [9.17, 15) is 4.79 Å². The summed E-state index contributed by atoms with van der Waals surface area (Å²) >= 11 is 8.68. The molecule has 0 amide bonds. The van der Waals surface area contributed by atoms with Crippen molar-refractivity contribution in [3.63, 3.8) is 0 Å². The summed E-state index contributed by atoms with van der Waals surface area (Å²) in [5.41, 5.74) is 2.28. The molecule has 0 aliphatic rings. The molecule has 26 heavy (non-hydrogen) atoms. The molecule has 0 bridgehead atoms. The maximum Gasteiger partial charge on any atom is 0.251 e. The number of H-pyrrole nitrogens is 1. The number of anilines is 1. The van der Waals surface area contributed by atoms with Gasteiger partial charge in [-0.05, 0) is 66.5 Å². The second-order valence-electron chi connectivity index (χ2n) is 5.71. The Morgan fingerprint density at radius 3 is 2.69 bits per heavy atom. The Morgan fingerprint density at radius 2 is 1.96 bits per heavy atom. The normalized spacial score (nSPS) is 10.5. The van der Waals surface area contributed by atoms with Crippen molar-refractivity contribution in [2.75, 3.05) is 19.0 Å². The Hall–Kier alpha value is -2.38. The standard InChI is InChI=1S/C19H18BrN3O2S/c1-25-16-7-2-12-10-13(18(24)23-17(12)11-16)8-9-21-19(26)22-15-5-3-14(20)4-6-15/h2-7,10-11H,8-9H2,1H3,(H,23,24)(H2,21,22,26). The fourth-order valence-corrected chi connectivity index (χ4v) is 3.04. The largest absolute Gasteiger partial charge is 0.497 e. The van der Waals surface area contributed by atoms with E-state index in [1.165, 1.54) is 0 Å². The molecule has 0 aliphatic heterocycles. The molecule has 5 nitrogen and oxygen atoms in total. The monoisotopic (exact) mass is 431 g/mol. The highest BCUT2D eigenvalue weighted by atomic mass is 79.9. The van der Waals surface area contributed by atoms with Crippen LogP contribution in [0.2, 0.25) is 0 Å². The van der Waals surface area contributed by atoms with Crippen molar-refractivity contribution >= 4 is 49.9 Å². The molecule has 3 aromatic rings. The molecule has 3 N–H and O–H groups in total. The molecule has 2 aromatic carbocycles. The number of thiocarbonyl (C=S) groups is 1. The van der Waals surface area contributed by atoms with Gasteiger partial charge < -0.3 is 20.4 Å². The van der Waals surface area contributed by atoms with Crippen molar-refractivity contribution in [1.82, 2.24) is 10.3 Å². The zero-order chi connectivity index (χ0) is 18.5. The second-order valence-corrected chi connectivity index (χ2v) is 7.04. The summed E-state index contributed by atoms with van der Waals surface area (Å²) in [5.74, 6) is 0.715. The first-order chi connectivity index (χ1) is 12.5. The second kappa shape index (κ2) is 8.33. The molecule has 0 saturated carbocycles. The van der Waals surface area contributed by atoms with Crippen molar-refractivity contribution < 1.29 is 4.74 Å². The number of rotatable bonds is 5. The highest BCUT2D eigenvalue weighted by Crippen LogP contribution is 2.18. The first-order valence-electron chi connectivity index (χ1n) is 8.05. The molecule has 7 heteroatoms. The predicted molar refractivity (Wildman–Crippen MR) is 113 cm³/mol. The third kappa shape index (κ3) is 4.62. The Kier molecular flexibility index (Phi) is 5.90. The number of methoxy groups -OCH3 is 1. The van der Waals surface area contributed by atoms with Crippen LogP contribution < -0.4 is 20.9 Å². The van der Waals surface area contributed by atoms with E-state index in [-0.39, 0.29) is 5.56 Å². The molecule has 1 heterocycles. The van der Waals surface area contributed by atoms with E-state index in [4.69, 9.17) is 17.0 Å². The van der Waals surface area contributed by atoms with Crippen LogP contribution in [0.1, 0.15) is 5.56 Å². The van der Waals surface area contributed by atoms with Crippen LogP contribution in [0, 0.1) is 0 Å². The van der Waals surface area contributed by atoms with Crippen LogP contribution in [0.4, 0.5) is 5.69 Å². The molecule has 0 unspecified atom stereocenters. The minimum absolute atomic E-state index is 0.0978. The van der Waals surface area contributed by atoms with Gasteiger partial charge in [0.25, 0.3) is 5.56 Å². The smallest absolute Gasteiger partial charge is 0.251 e. The van der Waals surface area contributed by atoms with Gasteiger partial charge in [0.2, 0.25) is 0 Å². The lowest BCUT2D eigenvalue weighted by Gasteiger charge is -2.11. The van der Waals surface area contributed by atoms with Crippen molar-refractivity contribution in [2.45, 2.75) is 6.42 Å². The van der Waals surface area contributed by atoms with E-state index < -0.39 is 0 Å². The summed E-state index contributed by atoms with van der Waals surface area (Å²) in [6, 6.07) is 15.3. The summed E-state index contributed by atoms with van der Waals surface area (Å²) < 4.78 is 6.19. The van der Waals surface area contributed by atoms with Crippen LogP contribution in [0.15, 0.2) is 57.8 Å². The van der Waals surface area contributed by atoms with Crippen LogP contribution in [0.3, 0.4) is 0 Å². The molecular formula is C19H18BrN3O2S. The number of benzene rings is 2. The van der Waals surface area contributed by atoms with E-state index in [2.05, 4.69) is 31.5 Å². The maximum absolute atomic E-state index is 12.3. The van der Waals surface area contributed by atoms with E-state index in [0.717, 1.165) is 21.1 Å². The SMILES string of the molecule is COc1ccc2cc(CCNC(=S)Nc3ccc(Br)cc3)c(=O)[nH]c2c1. The lowest BCUT2D eigenvalue weighted by molar-refractivity contribution is 0.415. The van der Waals surface area contributed by atoms with Crippen molar-refractivity contribution in [3.05, 3.63) is 68.9 Å². The van der Waals surface area contributed by atoms with Crippen LogP contribution >= 0.6 is 28.1 Å². The molecule has 0 saturated heterocycles. The van der Waals surface area contributed by atoms with Crippen LogP contribution in [0.25, 0.3) is 10.9 Å². The average molecular weight is 432 g/mol. The van der Waals surface area contributed by atoms with Gasteiger partial charge >= 0.3 is 0 Å². The van der Waals surface area contributed by atoms with Gasteiger partial charge in [-0.3, -0.25) is 4.79 Å². The van der Waals surface area contributed by atoms with E-state index >= 15 is 0 Å². The highest BCUT2D eigenvalue weighted by Gasteiger charge is 2.05. The lowest BCUT2D eigenvalue weighted by Crippen LogP contribution is -2.31. The van der Waals surface area contributed by atoms with Gasteiger partial charge in [-0.1, -0.05) is 15.9 Å². The number of aromatic amines is 1. The first-order valence-corrected chi connectivity index (χ1v) is 9.25. The van der Waals surface area contributed by atoms with E-state index in [0.29, 0.717) is 29.4 Å². The molecule has 0 radical (unpaired) electrons. The minimum Gasteiger partial charge on any atom is -0.497 e. The quantitative estimate of drug-likeness (QED) is 0.535. The fourth-order valence-electron chi connectivity index (χ4n) is 2.56. The Bertz CT molecular complexity index is 986. The minimum atomic E-state index is -0.0978. The van der Waals surface area contributed by atoms with Gasteiger partial charge in [0.05, 0.1) is 12.6 Å². The van der Waals surface area contributed by atoms with E-state index in [1.807, 2.05) is 48.5 Å². The van der Waals surface area contributed by atoms with Gasteiger partial charge in [0.15, 0.2) is 5.11 Å². The van der Waals surface area contributed by atoms with Gasteiger partial charge in [-0.2, -0.15) is 0 Å². The number of pyridine rings is 1. The Morgan fingerprint density at radius 1 is 1.19 bits per heavy atom. The predicted octanol–water partition coefficient (Wildman–Crippen LogP) is 3.83. The summed E-state index contributed by atoms with van der Waals surface area (Å²) in [5, 5.41) is 7.73. The van der Waals surface area contributed by atoms with Gasteiger partial charge in [0, 0.05) is 28.3 Å². The first kappa shape index (κ1) is 18.4. The third-order valence-electron chi connectivity index (χ3n) is 3.91. The third-order valence-corrected chi connectivity index (χ3v) is 4.69. The molecule has 3 rings (SSSR count). The van der Waals surface area contributed by atoms with Gasteiger partial charge in [-0.15, -0.1) is 0 Å². The molecule has 134 valence electrons. The molecule has 0 aliphatic carbocycles. The number of hydrogen-bond donors (Lipinski definition) is 3. The molecule has 0 fully saturated rings. The summed E-state index contributed by atoms with van der Waals surface area (Å²) in [6.07, 6.45) is 0.569. The number of fused-ring (bicyclic) bond motifs is 1. The number of ether oxygens (including phenoxy) is 1. The van der Waals surface area contributed by atoms with Crippen molar-refractivity contribution in [2.24, 2.45) is 0 Å². The maximum atomic E-state index is 12.3. The highest BCUT2D eigenvalue weighted by molar-refractivity contribution is 9.10. The zero-order valence-corrected chi connectivity index (χ0v) is 16.5. The number of aromatic nitrogens is 1. The average Bonchev–Trinajstić information content (AvgIpc) is 2.63. The number of hydrogen-bond acceptors (Lipinski definition) is 3. The Labute approximate surface area is 164 Å². The zero-order valence-electron chi connectivity index (χ0n) is 14.1. The van der Waals surface area contributed by atoms with E-state index in [1.54, 1.807) is 7.11 Å². The van der Waals surface area contributed by atoms with Crippen LogP contribution in [0.5, 0.6) is 5.75 Å². The fraction of sp³-hybridized carbons (Fsp3) is 0.158. The van der Waals surface area contributed by atoms with Crippen LogP contribution in [-0.2, 0) is 6.42 Å². The molecular weight excluding hydrogens is 414 g/mol. The van der Waals surface area contributed by atoms with Crippen LogP contribution in [-0.4, -0.2) is 23.8 Å². The van der Waals surface area contributed by atoms with Gasteiger partial charge in [0.1, 0.15) is 5.75 Å². The lowest BCUT2D eigenvalue weighted by atomic mass is 10.1. The number of halogens is 1. The number of nitrogens with one attached hydrogen (secondary N) is 3. The summed E-state index contributed by atoms with van der Waals surface area (Å²) in [6.45, 7) is 0.563. The molecule has 0 spiro atoms. The summed E-state index contributed by atoms with van der Waals surface area (Å²) in [7, 11) is 1.60. The topological polar surface area (TPSA) is 66.2 Å². The van der Waals surface area contributed by atoms with Crippen molar-refractivity contribution in [1.29, 1.82) is 0 Å². The molecule has 0 atom stereocenters. The molecule has 1 aromatic heterocycles. The Balaban J connectivity index is 1.60.